The van der Waals surface area contributed by atoms with Gasteiger partial charge >= 0.3 is 0 Å². The van der Waals surface area contributed by atoms with Crippen molar-refractivity contribution in [3.63, 3.8) is 0 Å². The maximum Gasteiger partial charge on any atom is 0.222 e. The normalized spacial score (nSPS) is 27.3. The molecule has 0 radical (unpaired) electrons. The molecule has 4 heteroatoms. The molecule has 2 heterocycles. The van der Waals surface area contributed by atoms with Crippen molar-refractivity contribution in [1.82, 2.24) is 10.2 Å². The van der Waals surface area contributed by atoms with Crippen molar-refractivity contribution < 1.29 is 4.79 Å². The molecule has 0 aromatic carbocycles. The van der Waals surface area contributed by atoms with E-state index < -0.39 is 0 Å². The fourth-order valence-electron chi connectivity index (χ4n) is 2.54. The second-order valence-electron chi connectivity index (χ2n) is 4.73. The molecule has 2 aliphatic rings. The molecular weight excluding hydrogens is 220 g/mol. The summed E-state index contributed by atoms with van der Waals surface area (Å²) in [5.41, 5.74) is 0. The number of hydrogen-bond acceptors (Lipinski definition) is 3. The third-order valence-electron chi connectivity index (χ3n) is 3.54. The van der Waals surface area contributed by atoms with Gasteiger partial charge in [0.25, 0.3) is 0 Å². The number of carbonyl (C=O) groups is 1. The Morgan fingerprint density at radius 1 is 1.31 bits per heavy atom. The van der Waals surface area contributed by atoms with Crippen molar-refractivity contribution in [2.24, 2.45) is 0 Å². The largest absolute Gasteiger partial charge is 0.341 e. The summed E-state index contributed by atoms with van der Waals surface area (Å²) in [5.74, 6) is 2.90. The lowest BCUT2D eigenvalue weighted by atomic mass is 10.1. The highest BCUT2D eigenvalue weighted by molar-refractivity contribution is 7.99. The predicted octanol–water partition coefficient (Wildman–Crippen LogP) is 1.48. The first-order valence-corrected chi connectivity index (χ1v) is 7.56. The van der Waals surface area contributed by atoms with E-state index in [1.165, 1.54) is 24.3 Å². The minimum Gasteiger partial charge on any atom is -0.341 e. The van der Waals surface area contributed by atoms with Crippen LogP contribution in [-0.4, -0.2) is 47.5 Å². The maximum atomic E-state index is 11.5. The van der Waals surface area contributed by atoms with Gasteiger partial charge in [-0.05, 0) is 30.8 Å². The molecule has 1 amide bonds. The van der Waals surface area contributed by atoms with Gasteiger partial charge in [-0.3, -0.25) is 4.79 Å². The zero-order valence-corrected chi connectivity index (χ0v) is 10.9. The molecule has 1 unspecified atom stereocenters. The number of hydrogen-bond donors (Lipinski definition) is 1. The molecule has 1 N–H and O–H groups in total. The smallest absolute Gasteiger partial charge is 0.222 e. The van der Waals surface area contributed by atoms with E-state index in [1.54, 1.807) is 0 Å². The van der Waals surface area contributed by atoms with E-state index in [4.69, 9.17) is 0 Å². The average molecular weight is 242 g/mol. The zero-order chi connectivity index (χ0) is 11.4. The fourth-order valence-corrected chi connectivity index (χ4v) is 3.65. The van der Waals surface area contributed by atoms with Gasteiger partial charge < -0.3 is 10.2 Å². The van der Waals surface area contributed by atoms with E-state index in [1.807, 2.05) is 11.8 Å². The number of amides is 1. The van der Waals surface area contributed by atoms with Crippen LogP contribution in [0.5, 0.6) is 0 Å². The van der Waals surface area contributed by atoms with Crippen LogP contribution in [0.4, 0.5) is 0 Å². The van der Waals surface area contributed by atoms with Gasteiger partial charge in [-0.2, -0.15) is 11.8 Å². The Morgan fingerprint density at radius 2 is 2.06 bits per heavy atom. The summed E-state index contributed by atoms with van der Waals surface area (Å²) in [7, 11) is 0. The number of nitrogens with one attached hydrogen (secondary N) is 1. The SMILES string of the molecule is CCC(=O)N1CCC(NC2CCSCC2)C1. The monoisotopic (exact) mass is 242 g/mol. The van der Waals surface area contributed by atoms with Crippen LogP contribution in [0.15, 0.2) is 0 Å². The molecule has 92 valence electrons. The number of carbonyl (C=O) groups excluding carboxylic acids is 1. The first-order chi connectivity index (χ1) is 7.79. The predicted molar refractivity (Wildman–Crippen MR) is 68.8 cm³/mol. The van der Waals surface area contributed by atoms with E-state index in [0.29, 0.717) is 24.4 Å². The summed E-state index contributed by atoms with van der Waals surface area (Å²) in [5, 5.41) is 3.72. The van der Waals surface area contributed by atoms with Gasteiger partial charge in [-0.25, -0.2) is 0 Å². The van der Waals surface area contributed by atoms with Crippen LogP contribution in [-0.2, 0) is 4.79 Å². The van der Waals surface area contributed by atoms with E-state index in [2.05, 4.69) is 17.1 Å². The first-order valence-electron chi connectivity index (χ1n) is 6.41. The lowest BCUT2D eigenvalue weighted by Gasteiger charge is -2.26. The molecule has 0 aliphatic carbocycles. The highest BCUT2D eigenvalue weighted by Crippen LogP contribution is 2.19. The Labute approximate surface area is 102 Å². The summed E-state index contributed by atoms with van der Waals surface area (Å²) in [4.78, 5) is 13.6. The molecule has 0 aromatic heterocycles. The Balaban J connectivity index is 1.73. The molecule has 2 fully saturated rings. The van der Waals surface area contributed by atoms with E-state index >= 15 is 0 Å². The maximum absolute atomic E-state index is 11.5. The average Bonchev–Trinajstić information content (AvgIpc) is 2.78. The summed E-state index contributed by atoms with van der Waals surface area (Å²) >= 11 is 2.06. The second kappa shape index (κ2) is 5.92. The van der Waals surface area contributed by atoms with Gasteiger partial charge in [0.05, 0.1) is 0 Å². The van der Waals surface area contributed by atoms with Crippen LogP contribution in [0.2, 0.25) is 0 Å². The Morgan fingerprint density at radius 3 is 2.75 bits per heavy atom. The summed E-state index contributed by atoms with van der Waals surface area (Å²) in [6, 6.07) is 1.24. The molecule has 0 spiro atoms. The minimum absolute atomic E-state index is 0.309. The molecule has 1 atom stereocenters. The van der Waals surface area contributed by atoms with Crippen molar-refractivity contribution in [1.29, 1.82) is 0 Å². The van der Waals surface area contributed by atoms with Gasteiger partial charge in [0.15, 0.2) is 0 Å². The van der Waals surface area contributed by atoms with Gasteiger partial charge in [0.2, 0.25) is 5.91 Å². The van der Waals surface area contributed by atoms with Crippen molar-refractivity contribution in [2.75, 3.05) is 24.6 Å². The van der Waals surface area contributed by atoms with Crippen LogP contribution in [0.3, 0.4) is 0 Å². The van der Waals surface area contributed by atoms with Gasteiger partial charge in [0.1, 0.15) is 0 Å². The third kappa shape index (κ3) is 3.14. The molecule has 3 nitrogen and oxygen atoms in total. The standard InChI is InChI=1S/C12H22N2OS/c1-2-12(15)14-6-3-11(9-14)13-10-4-7-16-8-5-10/h10-11,13H,2-9H2,1H3. The zero-order valence-electron chi connectivity index (χ0n) is 10.1. The van der Waals surface area contributed by atoms with Gasteiger partial charge in [-0.1, -0.05) is 6.92 Å². The number of likely N-dealkylation sites (tertiary alicyclic amines) is 1. The summed E-state index contributed by atoms with van der Waals surface area (Å²) < 4.78 is 0. The van der Waals surface area contributed by atoms with Crippen LogP contribution < -0.4 is 5.32 Å². The van der Waals surface area contributed by atoms with Crippen molar-refractivity contribution in [3.05, 3.63) is 0 Å². The second-order valence-corrected chi connectivity index (χ2v) is 5.96. The molecule has 2 saturated heterocycles. The molecule has 0 bridgehead atoms. The number of nitrogens with zero attached hydrogens (tertiary/aromatic N) is 1. The highest BCUT2D eigenvalue weighted by atomic mass is 32.2. The van der Waals surface area contributed by atoms with E-state index in [-0.39, 0.29) is 0 Å². The van der Waals surface area contributed by atoms with E-state index in [0.717, 1.165) is 19.5 Å². The van der Waals surface area contributed by atoms with E-state index in [9.17, 15) is 4.79 Å². The Kier molecular flexibility index (Phi) is 4.53. The molecule has 16 heavy (non-hydrogen) atoms. The van der Waals surface area contributed by atoms with Crippen LogP contribution in [0, 0.1) is 0 Å². The van der Waals surface area contributed by atoms with Gasteiger partial charge in [0, 0.05) is 31.6 Å². The molecule has 0 saturated carbocycles. The summed E-state index contributed by atoms with van der Waals surface area (Å²) in [6.45, 7) is 3.82. The lowest BCUT2D eigenvalue weighted by Crippen LogP contribution is -2.42. The van der Waals surface area contributed by atoms with Crippen LogP contribution in [0.25, 0.3) is 0 Å². The van der Waals surface area contributed by atoms with Crippen molar-refractivity contribution in [3.8, 4) is 0 Å². The Bertz CT molecular complexity index is 241. The van der Waals surface area contributed by atoms with Crippen LogP contribution >= 0.6 is 11.8 Å². The summed E-state index contributed by atoms with van der Waals surface area (Å²) in [6.07, 6.45) is 4.37. The number of rotatable bonds is 3. The topological polar surface area (TPSA) is 32.3 Å². The van der Waals surface area contributed by atoms with Gasteiger partial charge in [-0.15, -0.1) is 0 Å². The number of thioether (sulfide) groups is 1. The first kappa shape index (κ1) is 12.2. The molecule has 2 aliphatic heterocycles. The lowest BCUT2D eigenvalue weighted by molar-refractivity contribution is -0.129. The van der Waals surface area contributed by atoms with Crippen LogP contribution in [0.1, 0.15) is 32.6 Å². The fraction of sp³-hybridized carbons (Fsp3) is 0.917. The van der Waals surface area contributed by atoms with Crippen molar-refractivity contribution in [2.45, 2.75) is 44.7 Å². The highest BCUT2D eigenvalue weighted by Gasteiger charge is 2.27. The molecule has 0 aromatic rings. The third-order valence-corrected chi connectivity index (χ3v) is 4.58. The molecule has 2 rings (SSSR count). The molecular formula is C12H22N2OS. The minimum atomic E-state index is 0.309. The van der Waals surface area contributed by atoms with Crippen molar-refractivity contribution >= 4 is 17.7 Å². The Hall–Kier alpha value is -0.220. The quantitative estimate of drug-likeness (QED) is 0.813.